The third kappa shape index (κ3) is 4.91. The molecule has 102 valence electrons. The van der Waals surface area contributed by atoms with Crippen LogP contribution in [0.25, 0.3) is 0 Å². The van der Waals surface area contributed by atoms with Crippen molar-refractivity contribution in [2.24, 2.45) is 0 Å². The Hall–Kier alpha value is -0.0400. The van der Waals surface area contributed by atoms with Crippen LogP contribution in [0, 0.1) is 0 Å². The minimum Gasteiger partial charge on any atom is -0.379 e. The average molecular weight is 333 g/mol. The summed E-state index contributed by atoms with van der Waals surface area (Å²) in [5.41, 5.74) is 0. The average Bonchev–Trinajstić information content (AvgIpc) is 2.32. The topological polar surface area (TPSA) is 55.4 Å². The molecule has 0 aliphatic rings. The summed E-state index contributed by atoms with van der Waals surface area (Å²) < 4.78 is 31.1. The van der Waals surface area contributed by atoms with Crippen molar-refractivity contribution >= 4 is 44.8 Å². The van der Waals surface area contributed by atoms with Gasteiger partial charge in [-0.25, -0.2) is 13.1 Å². The summed E-state index contributed by atoms with van der Waals surface area (Å²) >= 11 is 16.9. The zero-order chi connectivity index (χ0) is 13.6. The fourth-order valence-corrected chi connectivity index (χ4v) is 2.64. The van der Waals surface area contributed by atoms with Crippen molar-refractivity contribution in [2.45, 2.75) is 4.90 Å². The van der Waals surface area contributed by atoms with Crippen LogP contribution in [0.3, 0.4) is 0 Å². The predicted molar refractivity (Wildman–Crippen MR) is 73.2 cm³/mol. The van der Waals surface area contributed by atoms with E-state index in [-0.39, 0.29) is 23.1 Å². The van der Waals surface area contributed by atoms with Crippen LogP contribution in [0.5, 0.6) is 0 Å². The number of sulfonamides is 1. The monoisotopic (exact) mass is 331 g/mol. The molecule has 0 spiro atoms. The molecule has 18 heavy (non-hydrogen) atoms. The Kier molecular flexibility index (Phi) is 6.70. The standard InChI is InChI=1S/C10H12Cl3NO3S/c11-3-5-17-6-4-14-18(15,16)8-1-2-9(12)10(13)7-8/h1-2,7,14H,3-6H2. The van der Waals surface area contributed by atoms with Crippen LogP contribution in [0.15, 0.2) is 23.1 Å². The fourth-order valence-electron chi connectivity index (χ4n) is 1.13. The highest BCUT2D eigenvalue weighted by Crippen LogP contribution is 2.24. The summed E-state index contributed by atoms with van der Waals surface area (Å²) in [6.45, 7) is 0.808. The quantitative estimate of drug-likeness (QED) is 0.616. The number of ether oxygens (including phenoxy) is 1. The first-order valence-corrected chi connectivity index (χ1v) is 7.83. The molecule has 1 N–H and O–H groups in total. The fraction of sp³-hybridized carbons (Fsp3) is 0.400. The summed E-state index contributed by atoms with van der Waals surface area (Å²) in [5.74, 6) is 0.375. The van der Waals surface area contributed by atoms with Crippen LogP contribution in [0.2, 0.25) is 10.0 Å². The Labute approximate surface area is 121 Å². The van der Waals surface area contributed by atoms with E-state index >= 15 is 0 Å². The lowest BCUT2D eigenvalue weighted by Crippen LogP contribution is -2.27. The van der Waals surface area contributed by atoms with E-state index in [0.717, 1.165) is 0 Å². The molecule has 0 bridgehead atoms. The summed E-state index contributed by atoms with van der Waals surface area (Å²) in [6.07, 6.45) is 0. The van der Waals surface area contributed by atoms with E-state index in [1.54, 1.807) is 0 Å². The van der Waals surface area contributed by atoms with Crippen molar-refractivity contribution in [3.8, 4) is 0 Å². The molecule has 0 aliphatic heterocycles. The van der Waals surface area contributed by atoms with Crippen molar-refractivity contribution in [2.75, 3.05) is 25.6 Å². The number of rotatable bonds is 7. The molecule has 0 aromatic heterocycles. The lowest BCUT2D eigenvalue weighted by molar-refractivity contribution is 0.155. The van der Waals surface area contributed by atoms with Gasteiger partial charge in [-0.15, -0.1) is 11.6 Å². The smallest absolute Gasteiger partial charge is 0.240 e. The summed E-state index contributed by atoms with van der Waals surface area (Å²) in [7, 11) is -3.59. The van der Waals surface area contributed by atoms with E-state index in [1.807, 2.05) is 0 Å². The molecule has 0 atom stereocenters. The van der Waals surface area contributed by atoms with Crippen LogP contribution in [0.4, 0.5) is 0 Å². The van der Waals surface area contributed by atoms with Gasteiger partial charge < -0.3 is 4.74 Å². The van der Waals surface area contributed by atoms with Gasteiger partial charge in [-0.1, -0.05) is 23.2 Å². The number of halogens is 3. The van der Waals surface area contributed by atoms with Crippen molar-refractivity contribution in [1.82, 2.24) is 4.72 Å². The van der Waals surface area contributed by atoms with Crippen molar-refractivity contribution in [3.63, 3.8) is 0 Å². The largest absolute Gasteiger partial charge is 0.379 e. The highest BCUT2D eigenvalue weighted by atomic mass is 35.5. The third-order valence-corrected chi connectivity index (χ3v) is 4.31. The Bertz CT molecular complexity index is 493. The molecule has 1 rings (SSSR count). The second-order valence-corrected chi connectivity index (χ2v) is 6.23. The minimum atomic E-state index is -3.59. The molecule has 0 amide bonds. The van der Waals surface area contributed by atoms with Crippen molar-refractivity contribution in [1.29, 1.82) is 0 Å². The van der Waals surface area contributed by atoms with Gasteiger partial charge in [-0.2, -0.15) is 0 Å². The molecule has 0 fully saturated rings. The minimum absolute atomic E-state index is 0.0641. The van der Waals surface area contributed by atoms with Crippen LogP contribution >= 0.6 is 34.8 Å². The second kappa shape index (κ2) is 7.53. The molecule has 1 aromatic carbocycles. The van der Waals surface area contributed by atoms with Gasteiger partial charge in [0.05, 0.1) is 28.2 Å². The maximum absolute atomic E-state index is 11.8. The summed E-state index contributed by atoms with van der Waals surface area (Å²) in [5, 5.41) is 0.499. The van der Waals surface area contributed by atoms with Crippen molar-refractivity contribution < 1.29 is 13.2 Å². The first-order chi connectivity index (χ1) is 8.47. The molecule has 1 aromatic rings. The zero-order valence-corrected chi connectivity index (χ0v) is 12.4. The van der Waals surface area contributed by atoms with Crippen LogP contribution < -0.4 is 4.72 Å². The second-order valence-electron chi connectivity index (χ2n) is 3.28. The Morgan fingerprint density at radius 1 is 1.17 bits per heavy atom. The Morgan fingerprint density at radius 2 is 1.89 bits per heavy atom. The maximum Gasteiger partial charge on any atom is 0.240 e. The van der Waals surface area contributed by atoms with E-state index in [0.29, 0.717) is 17.5 Å². The predicted octanol–water partition coefficient (Wildman–Crippen LogP) is 2.53. The highest BCUT2D eigenvalue weighted by molar-refractivity contribution is 7.89. The van der Waals surface area contributed by atoms with Crippen LogP contribution in [0.1, 0.15) is 0 Å². The van der Waals surface area contributed by atoms with Gasteiger partial charge >= 0.3 is 0 Å². The van der Waals surface area contributed by atoms with Gasteiger partial charge in [0, 0.05) is 12.4 Å². The highest BCUT2D eigenvalue weighted by Gasteiger charge is 2.14. The number of benzene rings is 1. The molecule has 0 saturated heterocycles. The normalized spacial score (nSPS) is 11.7. The van der Waals surface area contributed by atoms with E-state index in [4.69, 9.17) is 39.5 Å². The van der Waals surface area contributed by atoms with Crippen molar-refractivity contribution in [3.05, 3.63) is 28.2 Å². The molecule has 0 unspecified atom stereocenters. The number of hydrogen-bond donors (Lipinski definition) is 1. The van der Waals surface area contributed by atoms with Crippen LogP contribution in [-0.2, 0) is 14.8 Å². The molecule has 0 radical (unpaired) electrons. The van der Waals surface area contributed by atoms with Gasteiger partial charge in [0.2, 0.25) is 10.0 Å². The molecular weight excluding hydrogens is 321 g/mol. The lowest BCUT2D eigenvalue weighted by Gasteiger charge is -2.07. The molecule has 4 nitrogen and oxygen atoms in total. The van der Waals surface area contributed by atoms with E-state index < -0.39 is 10.0 Å². The Balaban J connectivity index is 2.60. The first-order valence-electron chi connectivity index (χ1n) is 5.06. The number of hydrogen-bond acceptors (Lipinski definition) is 3. The zero-order valence-electron chi connectivity index (χ0n) is 9.33. The van der Waals surface area contributed by atoms with E-state index in [2.05, 4.69) is 4.72 Å². The lowest BCUT2D eigenvalue weighted by atomic mass is 10.4. The summed E-state index contributed by atoms with van der Waals surface area (Å²) in [6, 6.07) is 4.12. The Morgan fingerprint density at radius 3 is 2.50 bits per heavy atom. The van der Waals surface area contributed by atoms with Gasteiger partial charge in [0.25, 0.3) is 0 Å². The SMILES string of the molecule is O=S(=O)(NCCOCCCl)c1ccc(Cl)c(Cl)c1. The van der Waals surface area contributed by atoms with E-state index in [9.17, 15) is 8.42 Å². The van der Waals surface area contributed by atoms with Gasteiger partial charge in [-0.3, -0.25) is 0 Å². The van der Waals surface area contributed by atoms with Gasteiger partial charge in [0.15, 0.2) is 0 Å². The number of nitrogens with one attached hydrogen (secondary N) is 1. The molecule has 0 aliphatic carbocycles. The molecule has 0 heterocycles. The maximum atomic E-state index is 11.8. The van der Waals surface area contributed by atoms with Gasteiger partial charge in [-0.05, 0) is 18.2 Å². The molecule has 0 saturated carbocycles. The van der Waals surface area contributed by atoms with Crippen LogP contribution in [-0.4, -0.2) is 34.1 Å². The third-order valence-electron chi connectivity index (χ3n) is 1.96. The molecular formula is C10H12Cl3NO3S. The number of alkyl halides is 1. The summed E-state index contributed by atoms with van der Waals surface area (Å²) in [4.78, 5) is 0.0641. The first kappa shape index (κ1) is 16.0. The molecule has 8 heteroatoms. The van der Waals surface area contributed by atoms with E-state index in [1.165, 1.54) is 18.2 Å². The van der Waals surface area contributed by atoms with Gasteiger partial charge in [0.1, 0.15) is 0 Å².